The summed E-state index contributed by atoms with van der Waals surface area (Å²) in [6.07, 6.45) is 6.85. The lowest BCUT2D eigenvalue weighted by Crippen LogP contribution is -2.07. The van der Waals surface area contributed by atoms with Gasteiger partial charge in [0.1, 0.15) is 0 Å². The molecule has 0 spiro atoms. The lowest BCUT2D eigenvalue weighted by atomic mass is 9.97. The van der Waals surface area contributed by atoms with Gasteiger partial charge in [0, 0.05) is 6.42 Å². The van der Waals surface area contributed by atoms with Crippen molar-refractivity contribution in [3.8, 4) is 11.1 Å². The molecule has 1 aromatic heterocycles. The molecule has 0 amide bonds. The minimum Gasteiger partial charge on any atom is -0.478 e. The summed E-state index contributed by atoms with van der Waals surface area (Å²) in [5, 5.41) is 14.5. The summed E-state index contributed by atoms with van der Waals surface area (Å²) in [6, 6.07) is 15.2. The van der Waals surface area contributed by atoms with Gasteiger partial charge in [-0.15, -0.1) is 0 Å². The van der Waals surface area contributed by atoms with Crippen LogP contribution in [-0.2, 0) is 13.0 Å². The fourth-order valence-corrected chi connectivity index (χ4v) is 3.30. The molecule has 3 aromatic rings. The van der Waals surface area contributed by atoms with E-state index >= 15 is 0 Å². The van der Waals surface area contributed by atoms with Crippen LogP contribution in [-0.4, -0.2) is 25.8 Å². The minimum absolute atomic E-state index is 0.296. The zero-order valence-electron chi connectivity index (χ0n) is 17.9. The number of carboxylic acid groups (broad SMARTS) is 1. The fraction of sp³-hybridized carbons (Fsp3) is 0.320. The molecule has 5 heteroatoms. The molecule has 1 heterocycles. The Hall–Kier alpha value is -3.21. The van der Waals surface area contributed by atoms with E-state index in [-0.39, 0.29) is 0 Å². The second-order valence-corrected chi connectivity index (χ2v) is 7.84. The average molecular weight is 404 g/mol. The molecule has 0 aliphatic heterocycles. The second-order valence-electron chi connectivity index (χ2n) is 7.84. The van der Waals surface area contributed by atoms with Crippen LogP contribution in [0.5, 0.6) is 0 Å². The van der Waals surface area contributed by atoms with Crippen LogP contribution < -0.4 is 0 Å². The Morgan fingerprint density at radius 1 is 1.17 bits per heavy atom. The fourth-order valence-electron chi connectivity index (χ4n) is 3.30. The highest BCUT2D eigenvalue weighted by atomic mass is 16.4. The summed E-state index contributed by atoms with van der Waals surface area (Å²) in [5.74, 6) is 1.30. The molecule has 0 bridgehead atoms. The lowest BCUT2D eigenvalue weighted by molar-refractivity contribution is 0.0697. The van der Waals surface area contributed by atoms with E-state index in [1.807, 2.05) is 53.2 Å². The van der Waals surface area contributed by atoms with Crippen molar-refractivity contribution in [2.24, 2.45) is 5.92 Å². The van der Waals surface area contributed by atoms with Gasteiger partial charge in [-0.3, -0.25) is 0 Å². The molecular weight excluding hydrogens is 374 g/mol. The SMILES string of the molecule is CC/C=C/c1nc(CCC(C)C)nn1Cc1ccc(-c2ccccc2)c(C(=O)O)c1. The zero-order valence-corrected chi connectivity index (χ0v) is 17.9. The number of rotatable bonds is 9. The number of aryl methyl sites for hydroxylation is 1. The summed E-state index contributed by atoms with van der Waals surface area (Å²) in [7, 11) is 0. The maximum Gasteiger partial charge on any atom is 0.336 e. The highest BCUT2D eigenvalue weighted by Gasteiger charge is 2.14. The maximum absolute atomic E-state index is 11.9. The molecular formula is C25H29N3O2. The van der Waals surface area contributed by atoms with Crippen LogP contribution in [0.15, 0.2) is 54.6 Å². The topological polar surface area (TPSA) is 68.0 Å². The van der Waals surface area contributed by atoms with E-state index in [2.05, 4.69) is 31.8 Å². The van der Waals surface area contributed by atoms with Crippen molar-refractivity contribution < 1.29 is 9.90 Å². The molecule has 2 aromatic carbocycles. The number of allylic oxidation sites excluding steroid dienone is 1. The maximum atomic E-state index is 11.9. The van der Waals surface area contributed by atoms with E-state index in [9.17, 15) is 9.90 Å². The van der Waals surface area contributed by atoms with Crippen molar-refractivity contribution in [1.29, 1.82) is 0 Å². The standard InChI is InChI=1S/C25H29N3O2/c1-4-5-11-24-26-23(15-12-18(2)3)27-28(24)17-19-13-14-21(22(16-19)25(29)30)20-9-7-6-8-10-20/h5-11,13-14,16,18H,4,12,15,17H2,1-3H3,(H,29,30)/b11-5+. The monoisotopic (exact) mass is 403 g/mol. The first-order valence-electron chi connectivity index (χ1n) is 10.5. The number of aromatic carboxylic acids is 1. The lowest BCUT2D eigenvalue weighted by Gasteiger charge is -2.10. The Morgan fingerprint density at radius 2 is 1.93 bits per heavy atom. The van der Waals surface area contributed by atoms with E-state index in [1.54, 1.807) is 6.07 Å². The minimum atomic E-state index is -0.932. The molecule has 0 saturated carbocycles. The third-order valence-electron chi connectivity index (χ3n) is 4.92. The highest BCUT2D eigenvalue weighted by molar-refractivity contribution is 5.96. The summed E-state index contributed by atoms with van der Waals surface area (Å²) in [5.41, 5.74) is 2.79. The van der Waals surface area contributed by atoms with Crippen LogP contribution in [0.25, 0.3) is 17.2 Å². The van der Waals surface area contributed by atoms with E-state index < -0.39 is 5.97 Å². The molecule has 0 unspecified atom stereocenters. The van der Waals surface area contributed by atoms with Crippen molar-refractivity contribution in [1.82, 2.24) is 14.8 Å². The van der Waals surface area contributed by atoms with Crippen LogP contribution in [0.4, 0.5) is 0 Å². The first-order chi connectivity index (χ1) is 14.5. The third kappa shape index (κ3) is 5.44. The Bertz CT molecular complexity index is 1020. The predicted molar refractivity (Wildman–Crippen MR) is 120 cm³/mol. The van der Waals surface area contributed by atoms with E-state index in [1.165, 1.54) is 0 Å². The van der Waals surface area contributed by atoms with Gasteiger partial charge in [-0.05, 0) is 47.6 Å². The molecule has 156 valence electrons. The van der Waals surface area contributed by atoms with E-state index in [0.717, 1.165) is 42.0 Å². The summed E-state index contributed by atoms with van der Waals surface area (Å²) < 4.78 is 1.87. The van der Waals surface area contributed by atoms with Gasteiger partial charge in [-0.2, -0.15) is 5.10 Å². The van der Waals surface area contributed by atoms with Crippen LogP contribution >= 0.6 is 0 Å². The Labute approximate surface area is 178 Å². The van der Waals surface area contributed by atoms with Gasteiger partial charge in [0.05, 0.1) is 12.1 Å². The largest absolute Gasteiger partial charge is 0.478 e. The first kappa shape index (κ1) is 21.5. The van der Waals surface area contributed by atoms with Gasteiger partial charge >= 0.3 is 5.97 Å². The molecule has 0 saturated heterocycles. The number of carbonyl (C=O) groups is 1. The van der Waals surface area contributed by atoms with Crippen molar-refractivity contribution >= 4 is 12.0 Å². The van der Waals surface area contributed by atoms with Crippen molar-refractivity contribution in [3.05, 3.63) is 77.4 Å². The number of carboxylic acids is 1. The number of nitrogens with zero attached hydrogens (tertiary/aromatic N) is 3. The second kappa shape index (κ2) is 10.0. The zero-order chi connectivity index (χ0) is 21.5. The number of hydrogen-bond donors (Lipinski definition) is 1. The van der Waals surface area contributed by atoms with E-state index in [0.29, 0.717) is 23.6 Å². The Balaban J connectivity index is 1.92. The molecule has 0 atom stereocenters. The normalized spacial score (nSPS) is 11.5. The Morgan fingerprint density at radius 3 is 2.60 bits per heavy atom. The number of hydrogen-bond acceptors (Lipinski definition) is 3. The van der Waals surface area contributed by atoms with Crippen LogP contribution in [0.2, 0.25) is 0 Å². The molecule has 30 heavy (non-hydrogen) atoms. The third-order valence-corrected chi connectivity index (χ3v) is 4.92. The molecule has 5 nitrogen and oxygen atoms in total. The quantitative estimate of drug-likeness (QED) is 0.497. The van der Waals surface area contributed by atoms with Crippen molar-refractivity contribution in [2.75, 3.05) is 0 Å². The van der Waals surface area contributed by atoms with Gasteiger partial charge in [-0.1, -0.05) is 69.3 Å². The molecule has 0 aliphatic rings. The molecule has 3 rings (SSSR count). The van der Waals surface area contributed by atoms with Crippen LogP contribution in [0.1, 0.15) is 61.2 Å². The Kier molecular flexibility index (Phi) is 7.17. The molecule has 1 N–H and O–H groups in total. The highest BCUT2D eigenvalue weighted by Crippen LogP contribution is 2.25. The summed E-state index contributed by atoms with van der Waals surface area (Å²) in [6.45, 7) is 6.94. The number of aromatic nitrogens is 3. The molecule has 0 fully saturated rings. The van der Waals surface area contributed by atoms with E-state index in [4.69, 9.17) is 5.10 Å². The van der Waals surface area contributed by atoms with Gasteiger partial charge in [0.25, 0.3) is 0 Å². The van der Waals surface area contributed by atoms with Crippen LogP contribution in [0.3, 0.4) is 0 Å². The summed E-state index contributed by atoms with van der Waals surface area (Å²) in [4.78, 5) is 16.6. The smallest absolute Gasteiger partial charge is 0.336 e. The van der Waals surface area contributed by atoms with Crippen molar-refractivity contribution in [2.45, 2.75) is 46.6 Å². The van der Waals surface area contributed by atoms with Gasteiger partial charge in [0.15, 0.2) is 11.6 Å². The van der Waals surface area contributed by atoms with Gasteiger partial charge < -0.3 is 5.11 Å². The first-order valence-corrected chi connectivity index (χ1v) is 10.5. The van der Waals surface area contributed by atoms with Gasteiger partial charge in [-0.25, -0.2) is 14.5 Å². The molecule has 0 aliphatic carbocycles. The molecule has 0 radical (unpaired) electrons. The van der Waals surface area contributed by atoms with Gasteiger partial charge in [0.2, 0.25) is 0 Å². The average Bonchev–Trinajstić information content (AvgIpc) is 3.12. The van der Waals surface area contributed by atoms with Crippen LogP contribution in [0, 0.1) is 5.92 Å². The number of benzene rings is 2. The predicted octanol–water partition coefficient (Wildman–Crippen LogP) is 5.70. The summed E-state index contributed by atoms with van der Waals surface area (Å²) >= 11 is 0. The van der Waals surface area contributed by atoms with Crippen molar-refractivity contribution in [3.63, 3.8) is 0 Å².